The lowest BCUT2D eigenvalue weighted by molar-refractivity contribution is 0.167. The van der Waals surface area contributed by atoms with Crippen LogP contribution in [-0.2, 0) is 6.42 Å². The highest BCUT2D eigenvalue weighted by Gasteiger charge is 2.13. The van der Waals surface area contributed by atoms with Crippen molar-refractivity contribution in [1.82, 2.24) is 0 Å². The summed E-state index contributed by atoms with van der Waals surface area (Å²) in [6.07, 6.45) is 0.00711. The SMILES string of the molecule is Cc1ccc(CCC(O)c2ccccc2)c(F)c1F. The van der Waals surface area contributed by atoms with Crippen molar-refractivity contribution in [3.63, 3.8) is 0 Å². The van der Waals surface area contributed by atoms with Crippen molar-refractivity contribution in [3.8, 4) is 0 Å². The fourth-order valence-corrected chi connectivity index (χ4v) is 2.01. The second-order valence-electron chi connectivity index (χ2n) is 4.63. The van der Waals surface area contributed by atoms with Gasteiger partial charge in [-0.2, -0.15) is 0 Å². The molecule has 2 rings (SSSR count). The fourth-order valence-electron chi connectivity index (χ4n) is 2.01. The molecule has 0 saturated heterocycles. The second-order valence-corrected chi connectivity index (χ2v) is 4.63. The molecular weight excluding hydrogens is 246 g/mol. The monoisotopic (exact) mass is 262 g/mol. The van der Waals surface area contributed by atoms with Crippen LogP contribution in [0, 0.1) is 18.6 Å². The van der Waals surface area contributed by atoms with Crippen molar-refractivity contribution in [2.45, 2.75) is 25.9 Å². The highest BCUT2D eigenvalue weighted by atomic mass is 19.2. The molecule has 0 saturated carbocycles. The van der Waals surface area contributed by atoms with Gasteiger partial charge in [-0.1, -0.05) is 42.5 Å². The van der Waals surface area contributed by atoms with Crippen molar-refractivity contribution in [2.24, 2.45) is 0 Å². The van der Waals surface area contributed by atoms with E-state index in [0.717, 1.165) is 5.56 Å². The molecule has 0 radical (unpaired) electrons. The molecule has 0 aromatic heterocycles. The molecule has 0 spiro atoms. The first kappa shape index (κ1) is 13.7. The Labute approximate surface area is 111 Å². The average molecular weight is 262 g/mol. The molecule has 1 unspecified atom stereocenters. The number of hydrogen-bond donors (Lipinski definition) is 1. The Morgan fingerprint density at radius 1 is 1.00 bits per heavy atom. The Morgan fingerprint density at radius 2 is 1.68 bits per heavy atom. The molecule has 0 fully saturated rings. The van der Waals surface area contributed by atoms with E-state index in [1.165, 1.54) is 6.92 Å². The summed E-state index contributed by atoms with van der Waals surface area (Å²) in [6.45, 7) is 1.53. The van der Waals surface area contributed by atoms with Crippen molar-refractivity contribution in [2.75, 3.05) is 0 Å². The summed E-state index contributed by atoms with van der Waals surface area (Å²) in [5, 5.41) is 9.98. The lowest BCUT2D eigenvalue weighted by Crippen LogP contribution is -2.02. The molecule has 0 aliphatic carbocycles. The summed E-state index contributed by atoms with van der Waals surface area (Å²) in [5.74, 6) is -1.60. The fraction of sp³-hybridized carbons (Fsp3) is 0.250. The number of aliphatic hydroxyl groups excluding tert-OH is 1. The molecule has 3 heteroatoms. The highest BCUT2D eigenvalue weighted by molar-refractivity contribution is 5.26. The van der Waals surface area contributed by atoms with Crippen LogP contribution < -0.4 is 0 Å². The molecule has 100 valence electrons. The maximum atomic E-state index is 13.7. The molecule has 1 N–H and O–H groups in total. The Bertz CT molecular complexity index is 552. The van der Waals surface area contributed by atoms with E-state index in [2.05, 4.69) is 0 Å². The van der Waals surface area contributed by atoms with Gasteiger partial charge in [-0.25, -0.2) is 8.78 Å². The van der Waals surface area contributed by atoms with Gasteiger partial charge in [0, 0.05) is 0 Å². The minimum Gasteiger partial charge on any atom is -0.388 e. The van der Waals surface area contributed by atoms with Crippen LogP contribution in [0.25, 0.3) is 0 Å². The zero-order valence-electron chi connectivity index (χ0n) is 10.7. The molecule has 0 aliphatic rings. The van der Waals surface area contributed by atoms with Gasteiger partial charge in [0.15, 0.2) is 11.6 Å². The number of rotatable bonds is 4. The molecule has 0 aliphatic heterocycles. The van der Waals surface area contributed by atoms with Gasteiger partial charge >= 0.3 is 0 Å². The van der Waals surface area contributed by atoms with Crippen molar-refractivity contribution in [1.29, 1.82) is 0 Å². The summed E-state index contributed by atoms with van der Waals surface area (Å²) in [7, 11) is 0. The molecular formula is C16H16F2O. The molecule has 0 amide bonds. The van der Waals surface area contributed by atoms with Crippen LogP contribution in [-0.4, -0.2) is 5.11 Å². The van der Waals surface area contributed by atoms with E-state index < -0.39 is 17.7 Å². The van der Waals surface area contributed by atoms with Crippen LogP contribution in [0.4, 0.5) is 8.78 Å². The maximum Gasteiger partial charge on any atom is 0.162 e. The third-order valence-electron chi connectivity index (χ3n) is 3.23. The summed E-state index contributed by atoms with van der Waals surface area (Å²) in [6, 6.07) is 12.3. The number of hydrogen-bond acceptors (Lipinski definition) is 1. The zero-order valence-corrected chi connectivity index (χ0v) is 10.7. The first-order chi connectivity index (χ1) is 9.09. The van der Waals surface area contributed by atoms with Crippen LogP contribution >= 0.6 is 0 Å². The Balaban J connectivity index is 2.05. The largest absolute Gasteiger partial charge is 0.388 e. The van der Waals surface area contributed by atoms with Crippen LogP contribution in [0.5, 0.6) is 0 Å². The van der Waals surface area contributed by atoms with Gasteiger partial charge in [-0.05, 0) is 36.5 Å². The first-order valence-electron chi connectivity index (χ1n) is 6.26. The van der Waals surface area contributed by atoms with Crippen LogP contribution in [0.15, 0.2) is 42.5 Å². The maximum absolute atomic E-state index is 13.7. The molecule has 19 heavy (non-hydrogen) atoms. The molecule has 2 aromatic carbocycles. The number of benzene rings is 2. The number of aliphatic hydroxyl groups is 1. The van der Waals surface area contributed by atoms with Crippen LogP contribution in [0.3, 0.4) is 0 Å². The summed E-state index contributed by atoms with van der Waals surface area (Å²) < 4.78 is 27.1. The van der Waals surface area contributed by atoms with E-state index in [4.69, 9.17) is 0 Å². The van der Waals surface area contributed by atoms with E-state index >= 15 is 0 Å². The first-order valence-corrected chi connectivity index (χ1v) is 6.26. The summed E-state index contributed by atoms with van der Waals surface area (Å²) in [4.78, 5) is 0. The minimum atomic E-state index is -0.805. The standard InChI is InChI=1S/C16H16F2O/c1-11-7-8-13(16(18)15(11)17)9-10-14(19)12-5-3-2-4-6-12/h2-8,14,19H,9-10H2,1H3. The van der Waals surface area contributed by atoms with E-state index in [9.17, 15) is 13.9 Å². The lowest BCUT2D eigenvalue weighted by atomic mass is 10.00. The van der Waals surface area contributed by atoms with E-state index in [-0.39, 0.29) is 0 Å². The van der Waals surface area contributed by atoms with Gasteiger partial charge in [0.25, 0.3) is 0 Å². The highest BCUT2D eigenvalue weighted by Crippen LogP contribution is 2.22. The number of aryl methyl sites for hydroxylation is 2. The molecule has 1 atom stereocenters. The van der Waals surface area contributed by atoms with Gasteiger partial charge < -0.3 is 5.11 Å². The third kappa shape index (κ3) is 3.18. The van der Waals surface area contributed by atoms with Crippen molar-refractivity contribution >= 4 is 0 Å². The van der Waals surface area contributed by atoms with Crippen LogP contribution in [0.1, 0.15) is 29.2 Å². The van der Waals surface area contributed by atoms with Crippen molar-refractivity contribution in [3.05, 3.63) is 70.8 Å². The van der Waals surface area contributed by atoms with Gasteiger partial charge in [0.2, 0.25) is 0 Å². The van der Waals surface area contributed by atoms with Crippen LogP contribution in [0.2, 0.25) is 0 Å². The summed E-state index contributed by atoms with van der Waals surface area (Å²) >= 11 is 0. The Hall–Kier alpha value is -1.74. The van der Waals surface area contributed by atoms with Gasteiger partial charge in [-0.3, -0.25) is 0 Å². The molecule has 0 heterocycles. The lowest BCUT2D eigenvalue weighted by Gasteiger charge is -2.11. The molecule has 2 aromatic rings. The van der Waals surface area contributed by atoms with E-state index in [1.807, 2.05) is 30.3 Å². The van der Waals surface area contributed by atoms with E-state index in [0.29, 0.717) is 24.0 Å². The quantitative estimate of drug-likeness (QED) is 0.884. The van der Waals surface area contributed by atoms with Crippen molar-refractivity contribution < 1.29 is 13.9 Å². The predicted octanol–water partition coefficient (Wildman–Crippen LogP) is 3.94. The molecule has 0 bridgehead atoms. The number of halogens is 2. The zero-order chi connectivity index (χ0) is 13.8. The van der Waals surface area contributed by atoms with E-state index in [1.54, 1.807) is 12.1 Å². The average Bonchev–Trinajstić information content (AvgIpc) is 2.45. The topological polar surface area (TPSA) is 20.2 Å². The molecule has 1 nitrogen and oxygen atoms in total. The Kier molecular flexibility index (Phi) is 4.27. The smallest absolute Gasteiger partial charge is 0.162 e. The Morgan fingerprint density at radius 3 is 2.37 bits per heavy atom. The summed E-state index contributed by atoms with van der Waals surface area (Å²) in [5.41, 5.74) is 1.39. The van der Waals surface area contributed by atoms with Gasteiger partial charge in [0.1, 0.15) is 0 Å². The minimum absolute atomic E-state index is 0.296. The van der Waals surface area contributed by atoms with Gasteiger partial charge in [-0.15, -0.1) is 0 Å². The predicted molar refractivity (Wildman–Crippen MR) is 70.8 cm³/mol. The van der Waals surface area contributed by atoms with Gasteiger partial charge in [0.05, 0.1) is 6.10 Å². The normalized spacial score (nSPS) is 12.4. The third-order valence-corrected chi connectivity index (χ3v) is 3.23. The second kappa shape index (κ2) is 5.93.